The smallest absolute Gasteiger partial charge is 0.0435 e. The summed E-state index contributed by atoms with van der Waals surface area (Å²) < 4.78 is 0. The van der Waals surface area contributed by atoms with Crippen LogP contribution in [-0.4, -0.2) is 6.04 Å². The highest BCUT2D eigenvalue weighted by Crippen LogP contribution is 2.28. The van der Waals surface area contributed by atoms with Crippen molar-refractivity contribution in [1.29, 1.82) is 0 Å². The van der Waals surface area contributed by atoms with Gasteiger partial charge in [-0.05, 0) is 43.7 Å². The van der Waals surface area contributed by atoms with Crippen molar-refractivity contribution in [1.82, 2.24) is 5.32 Å². The predicted molar refractivity (Wildman–Crippen MR) is 87.7 cm³/mol. The van der Waals surface area contributed by atoms with Gasteiger partial charge in [-0.2, -0.15) is 0 Å². The number of anilines is 2. The highest BCUT2D eigenvalue weighted by molar-refractivity contribution is 5.65. The molecule has 3 rings (SSSR count). The Bertz CT molecular complexity index is 523. The summed E-state index contributed by atoms with van der Waals surface area (Å²) in [5.74, 6) is 0. The molecule has 0 aromatic heterocycles. The SMILES string of the molecule is C=C1CC(C)N1.C=CNc1ccc2c(c1)NC(=C)CC2. The van der Waals surface area contributed by atoms with Crippen molar-refractivity contribution in [3.05, 3.63) is 61.1 Å². The molecule has 20 heavy (non-hydrogen) atoms. The lowest BCUT2D eigenvalue weighted by molar-refractivity contribution is 0.485. The lowest BCUT2D eigenvalue weighted by Crippen LogP contribution is -2.36. The average Bonchev–Trinajstić information content (AvgIpc) is 2.38. The summed E-state index contributed by atoms with van der Waals surface area (Å²) >= 11 is 0. The van der Waals surface area contributed by atoms with E-state index in [1.54, 1.807) is 6.20 Å². The van der Waals surface area contributed by atoms with Crippen LogP contribution in [0.3, 0.4) is 0 Å². The van der Waals surface area contributed by atoms with Crippen LogP contribution in [0.2, 0.25) is 0 Å². The maximum absolute atomic E-state index is 3.94. The number of fused-ring (bicyclic) bond motifs is 1. The van der Waals surface area contributed by atoms with Crippen LogP contribution < -0.4 is 16.0 Å². The molecule has 1 unspecified atom stereocenters. The van der Waals surface area contributed by atoms with Crippen molar-refractivity contribution < 1.29 is 0 Å². The third kappa shape index (κ3) is 3.67. The molecule has 0 radical (unpaired) electrons. The van der Waals surface area contributed by atoms with Crippen LogP contribution in [0.1, 0.15) is 25.3 Å². The van der Waals surface area contributed by atoms with Gasteiger partial charge in [-0.15, -0.1) is 0 Å². The number of hydrogen-bond acceptors (Lipinski definition) is 3. The first-order chi connectivity index (χ1) is 9.58. The van der Waals surface area contributed by atoms with Gasteiger partial charge in [-0.3, -0.25) is 0 Å². The second-order valence-corrected chi connectivity index (χ2v) is 5.30. The second-order valence-electron chi connectivity index (χ2n) is 5.30. The second kappa shape index (κ2) is 6.33. The van der Waals surface area contributed by atoms with E-state index < -0.39 is 0 Å². The van der Waals surface area contributed by atoms with Crippen LogP contribution in [0.4, 0.5) is 11.4 Å². The summed E-state index contributed by atoms with van der Waals surface area (Å²) in [6, 6.07) is 6.98. The first kappa shape index (κ1) is 14.3. The molecule has 1 aromatic carbocycles. The Labute approximate surface area is 121 Å². The Morgan fingerprint density at radius 3 is 2.55 bits per heavy atom. The Hall–Kier alpha value is -2.16. The number of hydrogen-bond donors (Lipinski definition) is 3. The summed E-state index contributed by atoms with van der Waals surface area (Å²) in [6.45, 7) is 13.4. The first-order valence-electron chi connectivity index (χ1n) is 6.98. The molecule has 1 atom stereocenters. The van der Waals surface area contributed by atoms with E-state index in [4.69, 9.17) is 0 Å². The maximum atomic E-state index is 3.94. The van der Waals surface area contributed by atoms with E-state index in [9.17, 15) is 0 Å². The van der Waals surface area contributed by atoms with Gasteiger partial charge in [-0.1, -0.05) is 25.8 Å². The molecule has 0 bridgehead atoms. The zero-order valence-electron chi connectivity index (χ0n) is 12.1. The van der Waals surface area contributed by atoms with Gasteiger partial charge in [0.15, 0.2) is 0 Å². The van der Waals surface area contributed by atoms with Gasteiger partial charge in [0.2, 0.25) is 0 Å². The molecule has 0 saturated carbocycles. The minimum Gasteiger partial charge on any atom is -0.386 e. The average molecular weight is 269 g/mol. The number of benzene rings is 1. The zero-order valence-corrected chi connectivity index (χ0v) is 12.1. The van der Waals surface area contributed by atoms with E-state index in [1.807, 2.05) is 0 Å². The molecule has 1 fully saturated rings. The minimum atomic E-state index is 0.692. The highest BCUT2D eigenvalue weighted by atomic mass is 15.0. The van der Waals surface area contributed by atoms with Gasteiger partial charge in [0, 0.05) is 35.2 Å². The van der Waals surface area contributed by atoms with E-state index in [2.05, 4.69) is 60.8 Å². The van der Waals surface area contributed by atoms with E-state index in [1.165, 1.54) is 17.7 Å². The summed E-state index contributed by atoms with van der Waals surface area (Å²) in [7, 11) is 0. The molecule has 2 heterocycles. The van der Waals surface area contributed by atoms with Crippen molar-refractivity contribution in [3.8, 4) is 0 Å². The van der Waals surface area contributed by atoms with Gasteiger partial charge < -0.3 is 16.0 Å². The fourth-order valence-corrected chi connectivity index (χ4v) is 2.35. The normalized spacial score (nSPS) is 19.4. The highest BCUT2D eigenvalue weighted by Gasteiger charge is 2.12. The summed E-state index contributed by atoms with van der Waals surface area (Å²) in [6.07, 6.45) is 4.95. The lowest BCUT2D eigenvalue weighted by Gasteiger charge is -2.27. The van der Waals surface area contributed by atoms with E-state index >= 15 is 0 Å². The number of aryl methyl sites for hydroxylation is 1. The van der Waals surface area contributed by atoms with Crippen molar-refractivity contribution >= 4 is 11.4 Å². The lowest BCUT2D eigenvalue weighted by atomic mass is 10.0. The third-order valence-electron chi connectivity index (χ3n) is 3.39. The standard InChI is InChI=1S/C12H14N2.C5H9N/c1-3-13-11-7-6-10-5-4-9(2)14-12(10)8-11;1-4-3-5(2)6-4/h3,6-8,13-14H,1-2,4-5H2;5-6H,1,3H2,2H3. The molecular weight excluding hydrogens is 246 g/mol. The van der Waals surface area contributed by atoms with Crippen molar-refractivity contribution in [2.24, 2.45) is 0 Å². The van der Waals surface area contributed by atoms with Crippen LogP contribution in [0.15, 0.2) is 55.5 Å². The van der Waals surface area contributed by atoms with Crippen molar-refractivity contribution in [2.45, 2.75) is 32.2 Å². The maximum Gasteiger partial charge on any atom is 0.0435 e. The number of nitrogens with one attached hydrogen (secondary N) is 3. The fraction of sp³-hybridized carbons (Fsp3) is 0.294. The van der Waals surface area contributed by atoms with Crippen molar-refractivity contribution in [2.75, 3.05) is 10.6 Å². The van der Waals surface area contributed by atoms with Gasteiger partial charge in [-0.25, -0.2) is 0 Å². The topological polar surface area (TPSA) is 36.1 Å². The number of rotatable bonds is 2. The Balaban J connectivity index is 0.000000205. The van der Waals surface area contributed by atoms with Crippen LogP contribution in [0.25, 0.3) is 0 Å². The molecule has 2 aliphatic heterocycles. The van der Waals surface area contributed by atoms with Crippen LogP contribution in [0, 0.1) is 0 Å². The zero-order chi connectivity index (χ0) is 14.5. The molecule has 3 heteroatoms. The monoisotopic (exact) mass is 269 g/mol. The summed E-state index contributed by atoms with van der Waals surface area (Å²) in [4.78, 5) is 0. The largest absolute Gasteiger partial charge is 0.386 e. The molecule has 1 aromatic rings. The van der Waals surface area contributed by atoms with Gasteiger partial charge >= 0.3 is 0 Å². The molecule has 0 spiro atoms. The van der Waals surface area contributed by atoms with E-state index in [0.717, 1.165) is 29.9 Å². The fourth-order valence-electron chi connectivity index (χ4n) is 2.35. The summed E-state index contributed by atoms with van der Waals surface area (Å²) in [5, 5.41) is 9.47. The quantitative estimate of drug-likeness (QED) is 0.759. The summed E-state index contributed by atoms with van der Waals surface area (Å²) in [5.41, 5.74) is 5.84. The van der Waals surface area contributed by atoms with Gasteiger partial charge in [0.1, 0.15) is 0 Å². The van der Waals surface area contributed by atoms with Gasteiger partial charge in [0.05, 0.1) is 0 Å². The van der Waals surface area contributed by atoms with Crippen LogP contribution in [-0.2, 0) is 6.42 Å². The molecular formula is C17H23N3. The molecule has 1 saturated heterocycles. The van der Waals surface area contributed by atoms with Gasteiger partial charge in [0.25, 0.3) is 0 Å². The van der Waals surface area contributed by atoms with Crippen LogP contribution >= 0.6 is 0 Å². The van der Waals surface area contributed by atoms with E-state index in [0.29, 0.717) is 6.04 Å². The van der Waals surface area contributed by atoms with Crippen LogP contribution in [0.5, 0.6) is 0 Å². The Morgan fingerprint density at radius 2 is 2.00 bits per heavy atom. The third-order valence-corrected chi connectivity index (χ3v) is 3.39. The molecule has 0 aliphatic carbocycles. The van der Waals surface area contributed by atoms with E-state index in [-0.39, 0.29) is 0 Å². The molecule has 3 N–H and O–H groups in total. The minimum absolute atomic E-state index is 0.692. The molecule has 106 valence electrons. The number of allylic oxidation sites excluding steroid dienone is 1. The first-order valence-corrected chi connectivity index (χ1v) is 6.98. The molecule has 2 aliphatic rings. The predicted octanol–water partition coefficient (Wildman–Crippen LogP) is 4.00. The van der Waals surface area contributed by atoms with Crippen molar-refractivity contribution in [3.63, 3.8) is 0 Å². The molecule has 3 nitrogen and oxygen atoms in total. The Morgan fingerprint density at radius 1 is 1.25 bits per heavy atom. The molecule has 0 amide bonds. The Kier molecular flexibility index (Phi) is 4.51.